The van der Waals surface area contributed by atoms with Crippen molar-refractivity contribution < 1.29 is 14.3 Å². The molecule has 2 rings (SSSR count). The summed E-state index contributed by atoms with van der Waals surface area (Å²) in [5.74, 6) is 0.978. The van der Waals surface area contributed by atoms with Crippen molar-refractivity contribution in [2.75, 3.05) is 19.8 Å². The molecule has 1 aromatic rings. The largest absolute Gasteiger partial charge is 0.486 e. The molecule has 19 heavy (non-hydrogen) atoms. The molecule has 0 spiro atoms. The van der Waals surface area contributed by atoms with Crippen LogP contribution in [0.2, 0.25) is 0 Å². The van der Waals surface area contributed by atoms with E-state index in [1.807, 2.05) is 13.8 Å². The van der Waals surface area contributed by atoms with Gasteiger partial charge in [-0.2, -0.15) is 0 Å². The summed E-state index contributed by atoms with van der Waals surface area (Å²) in [4.78, 5) is 12.3. The van der Waals surface area contributed by atoms with E-state index in [9.17, 15) is 4.79 Å². The van der Waals surface area contributed by atoms with Crippen LogP contribution in [0.5, 0.6) is 11.5 Å². The molecule has 0 aromatic heterocycles. The van der Waals surface area contributed by atoms with E-state index in [-0.39, 0.29) is 11.4 Å². The lowest BCUT2D eigenvalue weighted by Crippen LogP contribution is -2.44. The average Bonchev–Trinajstić information content (AvgIpc) is 2.37. The number of benzene rings is 1. The van der Waals surface area contributed by atoms with Crippen LogP contribution < -0.4 is 20.5 Å². The molecular formula is C14H20N2O3. The maximum Gasteiger partial charge on any atom is 0.255 e. The fraction of sp³-hybridized carbons (Fsp3) is 0.500. The van der Waals surface area contributed by atoms with Crippen LogP contribution >= 0.6 is 0 Å². The van der Waals surface area contributed by atoms with Crippen LogP contribution in [0.25, 0.3) is 0 Å². The summed E-state index contributed by atoms with van der Waals surface area (Å²) < 4.78 is 11.0. The number of amides is 1. The summed E-state index contributed by atoms with van der Waals surface area (Å²) in [7, 11) is 0. The third kappa shape index (κ3) is 3.17. The summed E-state index contributed by atoms with van der Waals surface area (Å²) in [6, 6.07) is 5.33. The lowest BCUT2D eigenvalue weighted by molar-refractivity contribution is 0.0899. The highest BCUT2D eigenvalue weighted by atomic mass is 16.6. The smallest absolute Gasteiger partial charge is 0.255 e. The van der Waals surface area contributed by atoms with Gasteiger partial charge < -0.3 is 20.5 Å². The molecule has 0 saturated carbocycles. The van der Waals surface area contributed by atoms with Crippen molar-refractivity contribution in [3.8, 4) is 11.5 Å². The first kappa shape index (κ1) is 13.7. The van der Waals surface area contributed by atoms with Gasteiger partial charge in [-0.15, -0.1) is 0 Å². The second-order valence-corrected chi connectivity index (χ2v) is 5.21. The topological polar surface area (TPSA) is 73.6 Å². The Morgan fingerprint density at radius 2 is 2.11 bits per heavy atom. The van der Waals surface area contributed by atoms with E-state index in [1.165, 1.54) is 0 Å². The average molecular weight is 264 g/mol. The minimum Gasteiger partial charge on any atom is -0.486 e. The summed E-state index contributed by atoms with van der Waals surface area (Å²) in [5, 5.41) is 2.97. The van der Waals surface area contributed by atoms with Crippen molar-refractivity contribution in [3.05, 3.63) is 23.8 Å². The van der Waals surface area contributed by atoms with E-state index in [0.29, 0.717) is 43.2 Å². The predicted molar refractivity (Wildman–Crippen MR) is 72.6 cm³/mol. The first-order valence-electron chi connectivity index (χ1n) is 6.45. The van der Waals surface area contributed by atoms with Crippen LogP contribution in [0.15, 0.2) is 18.2 Å². The third-order valence-electron chi connectivity index (χ3n) is 3.03. The highest BCUT2D eigenvalue weighted by Gasteiger charge is 2.25. The van der Waals surface area contributed by atoms with E-state index < -0.39 is 0 Å². The van der Waals surface area contributed by atoms with Crippen LogP contribution in [-0.2, 0) is 0 Å². The predicted octanol–water partition coefficient (Wildman–Crippen LogP) is 1.31. The maximum absolute atomic E-state index is 12.3. The first-order chi connectivity index (χ1) is 9.03. The number of hydrogen-bond acceptors (Lipinski definition) is 4. The van der Waals surface area contributed by atoms with Crippen LogP contribution in [0, 0.1) is 0 Å². The monoisotopic (exact) mass is 264 g/mol. The van der Waals surface area contributed by atoms with Crippen LogP contribution in [-0.4, -0.2) is 31.2 Å². The number of rotatable bonds is 4. The van der Waals surface area contributed by atoms with E-state index in [1.54, 1.807) is 18.2 Å². The zero-order chi connectivity index (χ0) is 13.9. The van der Waals surface area contributed by atoms with E-state index >= 15 is 0 Å². The van der Waals surface area contributed by atoms with Gasteiger partial charge in [0.1, 0.15) is 13.2 Å². The molecule has 0 bridgehead atoms. The number of ether oxygens (including phenoxy) is 2. The summed E-state index contributed by atoms with van der Waals surface area (Å²) in [6.07, 6.45) is 0.713. The molecule has 0 saturated heterocycles. The Kier molecular flexibility index (Phi) is 3.95. The van der Waals surface area contributed by atoms with Gasteiger partial charge in [0.2, 0.25) is 0 Å². The minimum absolute atomic E-state index is 0.166. The van der Waals surface area contributed by atoms with Gasteiger partial charge >= 0.3 is 0 Å². The summed E-state index contributed by atoms with van der Waals surface area (Å²) in [5.41, 5.74) is 5.70. The first-order valence-corrected chi connectivity index (χ1v) is 6.45. The van der Waals surface area contributed by atoms with Crippen molar-refractivity contribution >= 4 is 5.91 Å². The molecule has 3 N–H and O–H groups in total. The van der Waals surface area contributed by atoms with Crippen molar-refractivity contribution in [1.29, 1.82) is 0 Å². The van der Waals surface area contributed by atoms with Gasteiger partial charge in [0, 0.05) is 5.54 Å². The van der Waals surface area contributed by atoms with Gasteiger partial charge in [0.25, 0.3) is 5.91 Å². The van der Waals surface area contributed by atoms with Crippen molar-refractivity contribution in [2.24, 2.45) is 5.73 Å². The fourth-order valence-electron chi connectivity index (χ4n) is 2.05. The molecule has 1 heterocycles. The van der Waals surface area contributed by atoms with Gasteiger partial charge in [0.15, 0.2) is 11.5 Å². The zero-order valence-corrected chi connectivity index (χ0v) is 11.4. The Bertz CT molecular complexity index is 472. The van der Waals surface area contributed by atoms with Crippen molar-refractivity contribution in [2.45, 2.75) is 25.8 Å². The molecule has 0 unspecified atom stereocenters. The Hall–Kier alpha value is -1.75. The number of nitrogens with one attached hydrogen (secondary N) is 1. The van der Waals surface area contributed by atoms with Crippen LogP contribution in [0.3, 0.4) is 0 Å². The second kappa shape index (κ2) is 5.48. The van der Waals surface area contributed by atoms with Crippen molar-refractivity contribution in [3.63, 3.8) is 0 Å². The normalized spacial score (nSPS) is 14.1. The van der Waals surface area contributed by atoms with Gasteiger partial charge in [0.05, 0.1) is 5.56 Å². The number of carbonyl (C=O) groups is 1. The summed E-state index contributed by atoms with van der Waals surface area (Å²) in [6.45, 7) is 5.40. The van der Waals surface area contributed by atoms with Gasteiger partial charge in [-0.05, 0) is 38.9 Å². The summed E-state index contributed by atoms with van der Waals surface area (Å²) >= 11 is 0. The highest BCUT2D eigenvalue weighted by Crippen LogP contribution is 2.33. The molecule has 0 fully saturated rings. The molecule has 104 valence electrons. The maximum atomic E-state index is 12.3. The van der Waals surface area contributed by atoms with Crippen molar-refractivity contribution in [1.82, 2.24) is 5.32 Å². The number of fused-ring (bicyclic) bond motifs is 1. The number of para-hydroxylation sites is 1. The molecule has 1 aromatic carbocycles. The molecule has 1 amide bonds. The lowest BCUT2D eigenvalue weighted by atomic mass is 10.00. The molecule has 5 heteroatoms. The Balaban J connectivity index is 2.20. The van der Waals surface area contributed by atoms with E-state index in [2.05, 4.69) is 5.32 Å². The minimum atomic E-state index is -0.343. The molecular weight excluding hydrogens is 244 g/mol. The molecule has 5 nitrogen and oxygen atoms in total. The molecule has 0 aliphatic carbocycles. The lowest BCUT2D eigenvalue weighted by Gasteiger charge is -2.27. The Morgan fingerprint density at radius 3 is 2.84 bits per heavy atom. The fourth-order valence-corrected chi connectivity index (χ4v) is 2.05. The molecule has 0 radical (unpaired) electrons. The number of hydrogen-bond donors (Lipinski definition) is 2. The quantitative estimate of drug-likeness (QED) is 0.860. The van der Waals surface area contributed by atoms with Gasteiger partial charge in [-0.1, -0.05) is 6.07 Å². The second-order valence-electron chi connectivity index (χ2n) is 5.21. The van der Waals surface area contributed by atoms with E-state index in [4.69, 9.17) is 15.2 Å². The standard InChI is InChI=1S/C14H20N2O3/c1-14(2,6-7-15)16-13(17)10-4-3-5-11-12(10)19-9-8-18-11/h3-5H,6-9,15H2,1-2H3,(H,16,17). The third-order valence-corrected chi connectivity index (χ3v) is 3.03. The Morgan fingerprint density at radius 1 is 1.37 bits per heavy atom. The van der Waals surface area contributed by atoms with Gasteiger partial charge in [-0.3, -0.25) is 4.79 Å². The SMILES string of the molecule is CC(C)(CCN)NC(=O)c1cccc2c1OCCO2. The van der Waals surface area contributed by atoms with Gasteiger partial charge in [-0.25, -0.2) is 0 Å². The van der Waals surface area contributed by atoms with E-state index in [0.717, 1.165) is 0 Å². The van der Waals surface area contributed by atoms with Crippen LogP contribution in [0.4, 0.5) is 0 Å². The Labute approximate surface area is 113 Å². The molecule has 1 aliphatic heterocycles. The number of nitrogens with two attached hydrogens (primary N) is 1. The molecule has 0 atom stereocenters. The molecule has 1 aliphatic rings. The highest BCUT2D eigenvalue weighted by molar-refractivity contribution is 5.98. The number of carbonyl (C=O) groups excluding carboxylic acids is 1. The van der Waals surface area contributed by atoms with Crippen LogP contribution in [0.1, 0.15) is 30.6 Å². The zero-order valence-electron chi connectivity index (χ0n) is 11.4.